The quantitative estimate of drug-likeness (QED) is 0.768. The van der Waals surface area contributed by atoms with E-state index in [2.05, 4.69) is 22.5 Å². The number of benzene rings is 1. The van der Waals surface area contributed by atoms with Gasteiger partial charge in [-0.25, -0.2) is 4.98 Å². The zero-order valence-corrected chi connectivity index (χ0v) is 9.40. The van der Waals surface area contributed by atoms with E-state index in [-0.39, 0.29) is 0 Å². The van der Waals surface area contributed by atoms with Crippen LogP contribution in [0.1, 0.15) is 18.8 Å². The van der Waals surface area contributed by atoms with Crippen LogP contribution in [0.2, 0.25) is 0 Å². The van der Waals surface area contributed by atoms with Crippen molar-refractivity contribution in [2.45, 2.75) is 19.9 Å². The highest BCUT2D eigenvalue weighted by molar-refractivity contribution is 5.76. The van der Waals surface area contributed by atoms with Crippen LogP contribution in [0.25, 0.3) is 11.0 Å². The molecular formula is C12H16N2O. The van der Waals surface area contributed by atoms with Crippen molar-refractivity contribution < 1.29 is 4.74 Å². The van der Waals surface area contributed by atoms with Crippen molar-refractivity contribution in [3.05, 3.63) is 30.1 Å². The van der Waals surface area contributed by atoms with Crippen LogP contribution in [0, 0.1) is 6.92 Å². The first-order chi connectivity index (χ1) is 7.24. The Bertz CT molecular complexity index is 462. The third kappa shape index (κ3) is 1.75. The second kappa shape index (κ2) is 4.03. The Hall–Kier alpha value is -1.35. The normalized spacial score (nSPS) is 13.3. The zero-order chi connectivity index (χ0) is 10.8. The van der Waals surface area contributed by atoms with Crippen LogP contribution in [0.5, 0.6) is 0 Å². The molecule has 0 fully saturated rings. The minimum absolute atomic E-state index is 0.322. The summed E-state index contributed by atoms with van der Waals surface area (Å²) in [5.74, 6) is 1.04. The average molecular weight is 204 g/mol. The second-order valence-electron chi connectivity index (χ2n) is 3.82. The van der Waals surface area contributed by atoms with E-state index in [0.29, 0.717) is 12.6 Å². The molecule has 0 aliphatic rings. The fourth-order valence-electron chi connectivity index (χ4n) is 2.04. The Balaban J connectivity index is 2.53. The maximum Gasteiger partial charge on any atom is 0.107 e. The molecule has 2 aromatic rings. The van der Waals surface area contributed by atoms with E-state index in [1.807, 2.05) is 25.1 Å². The van der Waals surface area contributed by atoms with Gasteiger partial charge in [-0.05, 0) is 26.0 Å². The molecule has 1 atom stereocenters. The number of hydrogen-bond donors (Lipinski definition) is 0. The number of rotatable bonds is 3. The summed E-state index contributed by atoms with van der Waals surface area (Å²) in [5.41, 5.74) is 2.23. The number of fused-ring (bicyclic) bond motifs is 1. The van der Waals surface area contributed by atoms with Crippen LogP contribution in [-0.4, -0.2) is 23.3 Å². The lowest BCUT2D eigenvalue weighted by atomic mass is 10.3. The number of imidazole rings is 1. The molecule has 0 aliphatic carbocycles. The van der Waals surface area contributed by atoms with Crippen LogP contribution in [0.3, 0.4) is 0 Å². The highest BCUT2D eigenvalue weighted by Gasteiger charge is 2.11. The van der Waals surface area contributed by atoms with Gasteiger partial charge in [0.2, 0.25) is 0 Å². The monoisotopic (exact) mass is 204 g/mol. The lowest BCUT2D eigenvalue weighted by Crippen LogP contribution is -2.12. The van der Waals surface area contributed by atoms with Gasteiger partial charge in [-0.15, -0.1) is 0 Å². The third-order valence-corrected chi connectivity index (χ3v) is 2.62. The number of aromatic nitrogens is 2. The Morgan fingerprint density at radius 1 is 1.40 bits per heavy atom. The van der Waals surface area contributed by atoms with Gasteiger partial charge >= 0.3 is 0 Å². The van der Waals surface area contributed by atoms with Crippen LogP contribution in [0.15, 0.2) is 24.3 Å². The minimum Gasteiger partial charge on any atom is -0.383 e. The van der Waals surface area contributed by atoms with Gasteiger partial charge in [-0.3, -0.25) is 0 Å². The maximum atomic E-state index is 5.18. The number of ether oxygens (including phenoxy) is 1. The summed E-state index contributed by atoms with van der Waals surface area (Å²) >= 11 is 0. The molecule has 0 saturated heterocycles. The lowest BCUT2D eigenvalue weighted by molar-refractivity contribution is 0.163. The van der Waals surface area contributed by atoms with E-state index in [4.69, 9.17) is 4.74 Å². The molecule has 0 amide bonds. The van der Waals surface area contributed by atoms with Crippen molar-refractivity contribution in [3.63, 3.8) is 0 Å². The third-order valence-electron chi connectivity index (χ3n) is 2.62. The first-order valence-corrected chi connectivity index (χ1v) is 5.16. The van der Waals surface area contributed by atoms with E-state index >= 15 is 0 Å². The molecule has 2 rings (SSSR count). The van der Waals surface area contributed by atoms with Gasteiger partial charge in [0.05, 0.1) is 23.7 Å². The van der Waals surface area contributed by atoms with Crippen molar-refractivity contribution in [2.75, 3.05) is 13.7 Å². The summed E-state index contributed by atoms with van der Waals surface area (Å²) in [4.78, 5) is 4.52. The van der Waals surface area contributed by atoms with E-state index in [9.17, 15) is 0 Å². The predicted octanol–water partition coefficient (Wildman–Crippen LogP) is 2.55. The molecule has 15 heavy (non-hydrogen) atoms. The van der Waals surface area contributed by atoms with E-state index < -0.39 is 0 Å². The van der Waals surface area contributed by atoms with Crippen molar-refractivity contribution in [1.29, 1.82) is 0 Å². The van der Waals surface area contributed by atoms with Gasteiger partial charge in [0.25, 0.3) is 0 Å². The van der Waals surface area contributed by atoms with E-state index in [1.54, 1.807) is 7.11 Å². The number of hydrogen-bond acceptors (Lipinski definition) is 2. The number of methoxy groups -OCH3 is 1. The Labute approximate surface area is 89.7 Å². The number of nitrogens with zero attached hydrogens (tertiary/aromatic N) is 2. The SMILES string of the molecule is COCC(C)n1c(C)nc2ccccc21. The maximum absolute atomic E-state index is 5.18. The van der Waals surface area contributed by atoms with Gasteiger partial charge in [0, 0.05) is 7.11 Å². The van der Waals surface area contributed by atoms with Crippen LogP contribution in [0.4, 0.5) is 0 Å². The van der Waals surface area contributed by atoms with Crippen molar-refractivity contribution >= 4 is 11.0 Å². The summed E-state index contributed by atoms with van der Waals surface area (Å²) in [6.07, 6.45) is 0. The smallest absolute Gasteiger partial charge is 0.107 e. The Morgan fingerprint density at radius 3 is 2.87 bits per heavy atom. The number of aryl methyl sites for hydroxylation is 1. The van der Waals surface area contributed by atoms with Crippen molar-refractivity contribution in [1.82, 2.24) is 9.55 Å². The zero-order valence-electron chi connectivity index (χ0n) is 9.40. The van der Waals surface area contributed by atoms with Crippen LogP contribution >= 0.6 is 0 Å². The first-order valence-electron chi connectivity index (χ1n) is 5.16. The summed E-state index contributed by atoms with van der Waals surface area (Å²) < 4.78 is 7.40. The van der Waals surface area contributed by atoms with Gasteiger partial charge in [0.1, 0.15) is 5.82 Å². The molecule has 3 nitrogen and oxygen atoms in total. The topological polar surface area (TPSA) is 27.1 Å². The van der Waals surface area contributed by atoms with Gasteiger partial charge < -0.3 is 9.30 Å². The molecule has 3 heteroatoms. The molecule has 0 saturated carbocycles. The van der Waals surface area contributed by atoms with Crippen molar-refractivity contribution in [3.8, 4) is 0 Å². The van der Waals surface area contributed by atoms with E-state index in [1.165, 1.54) is 5.52 Å². The Kier molecular flexibility index (Phi) is 2.73. The largest absolute Gasteiger partial charge is 0.383 e. The second-order valence-corrected chi connectivity index (χ2v) is 3.82. The highest BCUT2D eigenvalue weighted by Crippen LogP contribution is 2.20. The Morgan fingerprint density at radius 2 is 2.13 bits per heavy atom. The minimum atomic E-state index is 0.322. The fraction of sp³-hybridized carbons (Fsp3) is 0.417. The lowest BCUT2D eigenvalue weighted by Gasteiger charge is -2.15. The van der Waals surface area contributed by atoms with E-state index in [0.717, 1.165) is 11.3 Å². The summed E-state index contributed by atoms with van der Waals surface area (Å²) in [6, 6.07) is 8.52. The summed E-state index contributed by atoms with van der Waals surface area (Å²) in [5, 5.41) is 0. The first kappa shape index (κ1) is 10.2. The fourth-order valence-corrected chi connectivity index (χ4v) is 2.04. The number of para-hydroxylation sites is 2. The standard InChI is InChI=1S/C12H16N2O/c1-9(8-15-3)14-10(2)13-11-6-4-5-7-12(11)14/h4-7,9H,8H2,1-3H3. The molecule has 80 valence electrons. The van der Waals surface area contributed by atoms with Crippen LogP contribution in [-0.2, 0) is 4.74 Å². The van der Waals surface area contributed by atoms with Gasteiger partial charge in [0.15, 0.2) is 0 Å². The molecule has 1 unspecified atom stereocenters. The molecule has 0 spiro atoms. The molecular weight excluding hydrogens is 188 g/mol. The predicted molar refractivity (Wildman–Crippen MR) is 61.1 cm³/mol. The summed E-state index contributed by atoms with van der Waals surface area (Å²) in [6.45, 7) is 4.89. The van der Waals surface area contributed by atoms with Crippen molar-refractivity contribution in [2.24, 2.45) is 0 Å². The van der Waals surface area contributed by atoms with Gasteiger partial charge in [-0.1, -0.05) is 12.1 Å². The molecule has 0 aliphatic heterocycles. The highest BCUT2D eigenvalue weighted by atomic mass is 16.5. The molecule has 1 aromatic carbocycles. The molecule has 1 heterocycles. The average Bonchev–Trinajstić information content (AvgIpc) is 2.54. The van der Waals surface area contributed by atoms with Crippen LogP contribution < -0.4 is 0 Å². The van der Waals surface area contributed by atoms with Gasteiger partial charge in [-0.2, -0.15) is 0 Å². The molecule has 0 radical (unpaired) electrons. The molecule has 0 N–H and O–H groups in total. The molecule has 1 aromatic heterocycles. The summed E-state index contributed by atoms with van der Waals surface area (Å²) in [7, 11) is 1.73. The molecule has 0 bridgehead atoms.